The van der Waals surface area contributed by atoms with Crippen LogP contribution in [-0.4, -0.2) is 48.3 Å². The predicted octanol–water partition coefficient (Wildman–Crippen LogP) is 4.00. The normalized spacial score (nSPS) is 11.0. The fraction of sp³-hybridized carbons (Fsp3) is 0.400. The topological polar surface area (TPSA) is 63.6 Å². The van der Waals surface area contributed by atoms with Gasteiger partial charge in [0, 0.05) is 0 Å². The summed E-state index contributed by atoms with van der Waals surface area (Å²) in [6.45, 7) is 0.563. The van der Waals surface area contributed by atoms with Crippen LogP contribution in [0.2, 0.25) is 0 Å². The predicted molar refractivity (Wildman–Crippen MR) is 108 cm³/mol. The number of unbranched alkanes of at least 4 members (excludes halogenated alkanes) is 4. The zero-order valence-corrected chi connectivity index (χ0v) is 15.2. The molecule has 138 valence electrons. The summed E-state index contributed by atoms with van der Waals surface area (Å²) in [5.74, 6) is 0.793. The van der Waals surface area contributed by atoms with Gasteiger partial charge in [-0.25, -0.2) is 0 Å². The van der Waals surface area contributed by atoms with E-state index in [0.29, 0.717) is 13.0 Å². The molecule has 0 aliphatic carbocycles. The summed E-state index contributed by atoms with van der Waals surface area (Å²) in [6.07, 6.45) is 5.35. The second-order valence-corrected chi connectivity index (χ2v) is 7.76. The Morgan fingerprint density at radius 2 is 1.42 bits per heavy atom. The van der Waals surface area contributed by atoms with E-state index >= 15 is 0 Å². The Balaban J connectivity index is 0.00000338. The summed E-state index contributed by atoms with van der Waals surface area (Å²) in [4.78, 5) is 0. The van der Waals surface area contributed by atoms with Gasteiger partial charge in [-0.3, -0.25) is 4.55 Å². The van der Waals surface area contributed by atoms with E-state index in [9.17, 15) is 8.42 Å². The van der Waals surface area contributed by atoms with E-state index in [1.54, 1.807) is 0 Å². The molecule has 26 heavy (non-hydrogen) atoms. The first-order valence-electron chi connectivity index (χ1n) is 8.74. The molecule has 2 aromatic rings. The Morgan fingerprint density at radius 3 is 2.15 bits per heavy atom. The van der Waals surface area contributed by atoms with Gasteiger partial charge >= 0.3 is 29.6 Å². The van der Waals surface area contributed by atoms with Gasteiger partial charge in [-0.2, -0.15) is 8.42 Å². The Morgan fingerprint density at radius 1 is 0.808 bits per heavy atom. The summed E-state index contributed by atoms with van der Waals surface area (Å²) in [7, 11) is -3.81. The molecule has 6 heteroatoms. The molecule has 0 spiro atoms. The third kappa shape index (κ3) is 9.74. The van der Waals surface area contributed by atoms with Gasteiger partial charge in [0.05, 0.1) is 5.75 Å². The van der Waals surface area contributed by atoms with Crippen molar-refractivity contribution < 1.29 is 17.7 Å². The molecule has 2 aromatic carbocycles. The van der Waals surface area contributed by atoms with E-state index in [0.717, 1.165) is 43.4 Å². The zero-order valence-electron chi connectivity index (χ0n) is 14.4. The van der Waals surface area contributed by atoms with Crippen LogP contribution in [0.4, 0.5) is 0 Å². The average molecular weight is 386 g/mol. The first-order valence-corrected chi connectivity index (χ1v) is 10.4. The first kappa shape index (κ1) is 23.2. The van der Waals surface area contributed by atoms with Gasteiger partial charge in [0.25, 0.3) is 10.1 Å². The Hall–Kier alpha value is -0.850. The van der Waals surface area contributed by atoms with Gasteiger partial charge < -0.3 is 4.74 Å². The van der Waals surface area contributed by atoms with Crippen molar-refractivity contribution in [3.05, 3.63) is 65.7 Å². The van der Waals surface area contributed by atoms with E-state index in [1.807, 2.05) is 36.4 Å². The van der Waals surface area contributed by atoms with Crippen molar-refractivity contribution in [1.82, 2.24) is 0 Å². The molecule has 0 heterocycles. The Kier molecular flexibility index (Phi) is 11.2. The molecular formula is C20H27NaO4S. The second kappa shape index (κ2) is 12.5. The number of hydrogen-bond acceptors (Lipinski definition) is 3. The molecule has 0 saturated carbocycles. The zero-order chi connectivity index (χ0) is 18.0. The molecule has 0 aromatic heterocycles. The minimum absolute atomic E-state index is 0. The average Bonchev–Trinajstić information content (AvgIpc) is 2.60. The number of rotatable bonds is 11. The van der Waals surface area contributed by atoms with Crippen LogP contribution < -0.4 is 4.74 Å². The van der Waals surface area contributed by atoms with Gasteiger partial charge in [-0.15, -0.1) is 0 Å². The first-order chi connectivity index (χ1) is 12.0. The van der Waals surface area contributed by atoms with Crippen LogP contribution in [0.1, 0.15) is 43.2 Å². The number of benzene rings is 2. The standard InChI is InChI=1S/C20H26O4S.Na.H/c21-25(22,23)16-10-3-1-2-7-13-19-14-8-9-15-20(19)24-17-18-11-5-4-6-12-18;;/h4-6,8-9,11-12,14-15H,1-3,7,10,13,16-17H2,(H,21,22,23);;. The molecule has 0 unspecified atom stereocenters. The number of hydrogen-bond donors (Lipinski definition) is 1. The third-order valence-corrected chi connectivity index (χ3v) is 4.86. The van der Waals surface area contributed by atoms with Crippen LogP contribution in [0, 0.1) is 0 Å². The van der Waals surface area contributed by atoms with Crippen LogP contribution in [0.3, 0.4) is 0 Å². The van der Waals surface area contributed by atoms with E-state index in [-0.39, 0.29) is 35.3 Å². The van der Waals surface area contributed by atoms with Gasteiger partial charge in [0.15, 0.2) is 0 Å². The summed E-state index contributed by atoms with van der Waals surface area (Å²) < 4.78 is 35.9. The van der Waals surface area contributed by atoms with Crippen LogP contribution in [0.15, 0.2) is 54.6 Å². The molecule has 0 radical (unpaired) electrons. The summed E-state index contributed by atoms with van der Waals surface area (Å²) in [5, 5.41) is 0. The molecule has 0 amide bonds. The van der Waals surface area contributed by atoms with Gasteiger partial charge in [0.1, 0.15) is 12.4 Å². The van der Waals surface area contributed by atoms with Crippen molar-refractivity contribution in [2.75, 3.05) is 5.75 Å². The SMILES string of the molecule is O=S(=O)(O)CCCCCCCc1ccccc1OCc1ccccc1.[NaH]. The fourth-order valence-corrected chi connectivity index (χ4v) is 3.29. The third-order valence-electron chi connectivity index (χ3n) is 4.06. The molecule has 0 atom stereocenters. The van der Waals surface area contributed by atoms with Crippen LogP contribution in [0.5, 0.6) is 5.75 Å². The molecular weight excluding hydrogens is 359 g/mol. The molecule has 4 nitrogen and oxygen atoms in total. The van der Waals surface area contributed by atoms with Crippen molar-refractivity contribution >= 4 is 39.7 Å². The monoisotopic (exact) mass is 386 g/mol. The van der Waals surface area contributed by atoms with Gasteiger partial charge in [0.2, 0.25) is 0 Å². The van der Waals surface area contributed by atoms with Crippen molar-refractivity contribution in [1.29, 1.82) is 0 Å². The number of ether oxygens (including phenoxy) is 1. The fourth-order valence-electron chi connectivity index (χ4n) is 2.72. The molecule has 0 aliphatic rings. The van der Waals surface area contributed by atoms with Crippen molar-refractivity contribution in [3.8, 4) is 5.75 Å². The molecule has 0 aliphatic heterocycles. The van der Waals surface area contributed by atoms with E-state index < -0.39 is 10.1 Å². The number of aryl methyl sites for hydroxylation is 1. The van der Waals surface area contributed by atoms with Gasteiger partial charge in [-0.1, -0.05) is 67.8 Å². The summed E-state index contributed by atoms with van der Waals surface area (Å²) >= 11 is 0. The summed E-state index contributed by atoms with van der Waals surface area (Å²) in [5.41, 5.74) is 2.35. The molecule has 0 bridgehead atoms. The second-order valence-electron chi connectivity index (χ2n) is 6.19. The van der Waals surface area contributed by atoms with E-state index in [4.69, 9.17) is 9.29 Å². The van der Waals surface area contributed by atoms with Crippen LogP contribution >= 0.6 is 0 Å². The number of para-hydroxylation sites is 1. The van der Waals surface area contributed by atoms with E-state index in [2.05, 4.69) is 18.2 Å². The van der Waals surface area contributed by atoms with Crippen molar-refractivity contribution in [2.24, 2.45) is 0 Å². The molecule has 0 saturated heterocycles. The summed E-state index contributed by atoms with van der Waals surface area (Å²) in [6, 6.07) is 18.2. The van der Waals surface area contributed by atoms with E-state index in [1.165, 1.54) is 5.56 Å². The molecule has 0 fully saturated rings. The van der Waals surface area contributed by atoms with Crippen molar-refractivity contribution in [2.45, 2.75) is 45.1 Å². The maximum atomic E-state index is 10.6. The molecule has 1 N–H and O–H groups in total. The minimum atomic E-state index is -3.81. The quantitative estimate of drug-likeness (QED) is 0.360. The van der Waals surface area contributed by atoms with Crippen LogP contribution in [-0.2, 0) is 23.1 Å². The Bertz CT molecular complexity index is 732. The maximum absolute atomic E-state index is 10.6. The van der Waals surface area contributed by atoms with Crippen LogP contribution in [0.25, 0.3) is 0 Å². The van der Waals surface area contributed by atoms with Gasteiger partial charge in [-0.05, 0) is 36.5 Å². The Labute approximate surface area is 179 Å². The van der Waals surface area contributed by atoms with Crippen molar-refractivity contribution in [3.63, 3.8) is 0 Å². The molecule has 2 rings (SSSR count).